The van der Waals surface area contributed by atoms with E-state index in [2.05, 4.69) is 29.6 Å². The number of nitrogens with one attached hydrogen (secondary N) is 2. The Morgan fingerprint density at radius 1 is 1.03 bits per heavy atom. The molecule has 8 nitrogen and oxygen atoms in total. The van der Waals surface area contributed by atoms with E-state index in [1.807, 2.05) is 0 Å². The number of benzene rings is 1. The van der Waals surface area contributed by atoms with Gasteiger partial charge >= 0.3 is 0 Å². The number of fused-ring (bicyclic) bond motifs is 1. The molecule has 0 saturated carbocycles. The molecule has 0 bridgehead atoms. The first-order valence-electron chi connectivity index (χ1n) is 9.82. The van der Waals surface area contributed by atoms with Crippen molar-refractivity contribution in [2.45, 2.75) is 24.2 Å². The topological polar surface area (TPSA) is 97.8 Å². The molecular formula is C21H18F4N6O2S. The summed E-state index contributed by atoms with van der Waals surface area (Å²) in [6.45, 7) is 0. The van der Waals surface area contributed by atoms with Gasteiger partial charge in [-0.15, -0.1) is 0 Å². The van der Waals surface area contributed by atoms with Crippen LogP contribution >= 0.6 is 11.9 Å². The molecule has 0 spiro atoms. The van der Waals surface area contributed by atoms with Crippen LogP contribution in [0.15, 0.2) is 41.7 Å². The fourth-order valence-corrected chi connectivity index (χ4v) is 4.07. The lowest BCUT2D eigenvalue weighted by atomic mass is 10.0. The number of halogens is 4. The Morgan fingerprint density at radius 2 is 1.71 bits per heavy atom. The van der Waals surface area contributed by atoms with Gasteiger partial charge in [-0.2, -0.15) is 9.97 Å². The molecular weight excluding hydrogens is 476 g/mol. The van der Waals surface area contributed by atoms with Crippen molar-refractivity contribution in [2.75, 3.05) is 18.9 Å². The van der Waals surface area contributed by atoms with Crippen LogP contribution in [-0.4, -0.2) is 45.6 Å². The molecule has 1 aromatic carbocycles. The molecule has 0 saturated heterocycles. The highest BCUT2D eigenvalue weighted by Gasteiger charge is 2.23. The Balaban J connectivity index is 1.68. The second-order valence-corrected chi connectivity index (χ2v) is 7.67. The van der Waals surface area contributed by atoms with Crippen LogP contribution in [0.4, 0.5) is 23.5 Å². The number of aromatic amines is 1. The average Bonchev–Trinajstić information content (AvgIpc) is 3.25. The molecule has 178 valence electrons. The molecule has 0 unspecified atom stereocenters. The zero-order valence-corrected chi connectivity index (χ0v) is 18.7. The van der Waals surface area contributed by atoms with Gasteiger partial charge in [0.2, 0.25) is 24.1 Å². The number of ether oxygens (including phenoxy) is 2. The fraction of sp³-hybridized carbons (Fsp3) is 0.238. The fourth-order valence-electron chi connectivity index (χ4n) is 3.38. The maximum atomic E-state index is 13.7. The van der Waals surface area contributed by atoms with Gasteiger partial charge in [-0.05, 0) is 18.0 Å². The number of hydrogen-bond acceptors (Lipinski definition) is 8. The monoisotopic (exact) mass is 494 g/mol. The molecule has 0 aliphatic carbocycles. The molecule has 2 N–H and O–H groups in total. The second-order valence-electron chi connectivity index (χ2n) is 6.82. The lowest BCUT2D eigenvalue weighted by molar-refractivity contribution is 0.146. The van der Waals surface area contributed by atoms with Gasteiger partial charge in [-0.1, -0.05) is 12.1 Å². The van der Waals surface area contributed by atoms with Crippen molar-refractivity contribution in [1.82, 2.24) is 24.9 Å². The number of nitrogens with zero attached hydrogens (tertiary/aromatic N) is 4. The maximum absolute atomic E-state index is 13.7. The van der Waals surface area contributed by atoms with Gasteiger partial charge in [-0.3, -0.25) is 4.72 Å². The van der Waals surface area contributed by atoms with Crippen LogP contribution < -0.4 is 14.2 Å². The van der Waals surface area contributed by atoms with Crippen molar-refractivity contribution in [3.63, 3.8) is 0 Å². The first-order valence-corrected chi connectivity index (χ1v) is 10.6. The summed E-state index contributed by atoms with van der Waals surface area (Å²) in [4.78, 5) is 20.2. The highest BCUT2D eigenvalue weighted by atomic mass is 32.2. The second kappa shape index (κ2) is 10.1. The maximum Gasteiger partial charge on any atom is 0.264 e. The minimum atomic E-state index is -2.72. The third kappa shape index (κ3) is 4.69. The third-order valence-corrected chi connectivity index (χ3v) is 5.65. The summed E-state index contributed by atoms with van der Waals surface area (Å²) in [5.41, 5.74) is 0.500. The summed E-state index contributed by atoms with van der Waals surface area (Å²) in [7, 11) is 2.61. The van der Waals surface area contributed by atoms with Crippen LogP contribution in [0.1, 0.15) is 17.6 Å². The highest BCUT2D eigenvalue weighted by molar-refractivity contribution is 8.00. The van der Waals surface area contributed by atoms with Gasteiger partial charge in [0.05, 0.1) is 35.8 Å². The average molecular weight is 494 g/mol. The van der Waals surface area contributed by atoms with E-state index in [0.717, 1.165) is 11.9 Å². The molecule has 34 heavy (non-hydrogen) atoms. The van der Waals surface area contributed by atoms with Crippen LogP contribution in [0.5, 0.6) is 11.8 Å². The highest BCUT2D eigenvalue weighted by Crippen LogP contribution is 2.39. The molecule has 0 fully saturated rings. The zero-order valence-electron chi connectivity index (χ0n) is 17.9. The molecule has 4 aromatic rings. The molecule has 0 aliphatic rings. The zero-order chi connectivity index (χ0) is 24.2. The Labute approximate surface area is 195 Å². The normalized spacial score (nSPS) is 11.4. The first-order chi connectivity index (χ1) is 16.4. The number of aromatic nitrogens is 5. The third-order valence-electron chi connectivity index (χ3n) is 4.80. The van der Waals surface area contributed by atoms with Crippen molar-refractivity contribution < 1.29 is 27.0 Å². The van der Waals surface area contributed by atoms with Crippen LogP contribution in [0, 0.1) is 0 Å². The summed E-state index contributed by atoms with van der Waals surface area (Å²) in [5.74, 6) is 0.141. The number of H-pyrrole nitrogens is 1. The van der Waals surface area contributed by atoms with Crippen LogP contribution in [0.25, 0.3) is 22.3 Å². The first kappa shape index (κ1) is 23.5. The minimum absolute atomic E-state index is 0.0423. The quantitative estimate of drug-likeness (QED) is 0.239. The summed E-state index contributed by atoms with van der Waals surface area (Å²) in [6.07, 6.45) is -1.39. The van der Waals surface area contributed by atoms with Gasteiger partial charge in [0.25, 0.3) is 6.43 Å². The van der Waals surface area contributed by atoms with E-state index in [0.29, 0.717) is 15.8 Å². The lowest BCUT2D eigenvalue weighted by Gasteiger charge is -2.13. The Morgan fingerprint density at radius 3 is 2.29 bits per heavy atom. The molecule has 4 rings (SSSR count). The van der Waals surface area contributed by atoms with Crippen molar-refractivity contribution in [3.8, 4) is 23.1 Å². The number of alkyl halides is 4. The molecule has 0 radical (unpaired) electrons. The van der Waals surface area contributed by atoms with Gasteiger partial charge in [-0.25, -0.2) is 27.5 Å². The lowest BCUT2D eigenvalue weighted by Crippen LogP contribution is -2.08. The number of methoxy groups -OCH3 is 2. The Kier molecular flexibility index (Phi) is 7.01. The van der Waals surface area contributed by atoms with Gasteiger partial charge in [0, 0.05) is 36.0 Å². The SMILES string of the molecule is COc1nc(NSc2c[nH]c3c(-c4ncccn4)c(C(F)F)ccc23)nc(OC)c1CC(F)F. The van der Waals surface area contributed by atoms with E-state index in [9.17, 15) is 17.6 Å². The number of anilines is 1. The molecule has 0 aliphatic heterocycles. The summed E-state index contributed by atoms with van der Waals surface area (Å²) < 4.78 is 66.4. The van der Waals surface area contributed by atoms with E-state index < -0.39 is 19.3 Å². The van der Waals surface area contributed by atoms with E-state index >= 15 is 0 Å². The molecule has 0 atom stereocenters. The van der Waals surface area contributed by atoms with Gasteiger partial charge < -0.3 is 14.5 Å². The van der Waals surface area contributed by atoms with Crippen LogP contribution in [0.3, 0.4) is 0 Å². The van der Waals surface area contributed by atoms with Gasteiger partial charge in [0.1, 0.15) is 0 Å². The molecule has 3 heterocycles. The predicted octanol–water partition coefficient (Wildman–Crippen LogP) is 5.30. The van der Waals surface area contributed by atoms with Gasteiger partial charge in [0.15, 0.2) is 5.82 Å². The predicted molar refractivity (Wildman–Crippen MR) is 119 cm³/mol. The van der Waals surface area contributed by atoms with Crippen molar-refractivity contribution in [3.05, 3.63) is 47.9 Å². The standard InChI is InChI=1S/C21H18F4N6O2S/c1-32-19-12(8-14(22)23)20(33-2)30-21(29-19)31-34-13-9-28-16-10(13)4-5-11(17(24)25)15(16)18-26-6-3-7-27-18/h3-7,9,14,17,28H,8H2,1-2H3,(H,29,30,31). The molecule has 0 amide bonds. The van der Waals surface area contributed by atoms with E-state index in [1.54, 1.807) is 18.3 Å². The smallest absolute Gasteiger partial charge is 0.264 e. The summed E-state index contributed by atoms with van der Waals surface area (Å²) in [6, 6.07) is 4.50. The Hall–Kier alpha value is -3.61. The van der Waals surface area contributed by atoms with E-state index in [1.165, 1.54) is 32.7 Å². The minimum Gasteiger partial charge on any atom is -0.481 e. The van der Waals surface area contributed by atoms with Crippen molar-refractivity contribution in [2.24, 2.45) is 0 Å². The van der Waals surface area contributed by atoms with Crippen LogP contribution in [0.2, 0.25) is 0 Å². The van der Waals surface area contributed by atoms with E-state index in [-0.39, 0.29) is 40.2 Å². The van der Waals surface area contributed by atoms with Crippen LogP contribution in [-0.2, 0) is 6.42 Å². The van der Waals surface area contributed by atoms with Crippen molar-refractivity contribution >= 4 is 28.8 Å². The largest absolute Gasteiger partial charge is 0.481 e. The molecule has 3 aromatic heterocycles. The summed E-state index contributed by atoms with van der Waals surface area (Å²) in [5, 5.41) is 0.637. The molecule has 13 heteroatoms. The van der Waals surface area contributed by atoms with Crippen molar-refractivity contribution in [1.29, 1.82) is 0 Å². The number of hydrogen-bond donors (Lipinski definition) is 2. The van der Waals surface area contributed by atoms with E-state index in [4.69, 9.17) is 9.47 Å². The number of rotatable bonds is 9. The summed E-state index contributed by atoms with van der Waals surface area (Å²) >= 11 is 1.09. The Bertz CT molecular complexity index is 1260.